The molecule has 1 aromatic heterocycles. The number of rotatable bonds is 6. The van der Waals surface area contributed by atoms with Gasteiger partial charge in [-0.2, -0.15) is 0 Å². The summed E-state index contributed by atoms with van der Waals surface area (Å²) in [6.07, 6.45) is 0.221. The second-order valence-corrected chi connectivity index (χ2v) is 5.57. The molecule has 26 heavy (non-hydrogen) atoms. The molecule has 0 saturated heterocycles. The van der Waals surface area contributed by atoms with Gasteiger partial charge in [-0.15, -0.1) is 0 Å². The Morgan fingerprint density at radius 3 is 2.62 bits per heavy atom. The second kappa shape index (κ2) is 8.26. The standard InChI is InChI=1S/C16H15ClN4O5/c1-9(15(22)20-14-6-4-11(17)8-19-14)26-16(23)10-3-5-12(18-2)13(7-10)21(24)25/h3-9,18H,1-2H3,(H,19,20,22)/t9-/m1/s1. The molecule has 9 nitrogen and oxygen atoms in total. The summed E-state index contributed by atoms with van der Waals surface area (Å²) in [4.78, 5) is 38.5. The lowest BCUT2D eigenvalue weighted by Crippen LogP contribution is -2.30. The predicted octanol–water partition coefficient (Wildman–Crippen LogP) is 2.87. The summed E-state index contributed by atoms with van der Waals surface area (Å²) in [5.74, 6) is -1.21. The zero-order chi connectivity index (χ0) is 19.3. The van der Waals surface area contributed by atoms with E-state index in [4.69, 9.17) is 16.3 Å². The molecule has 1 atom stereocenters. The summed E-state index contributed by atoms with van der Waals surface area (Å²) in [5, 5.41) is 16.6. The Balaban J connectivity index is 2.06. The van der Waals surface area contributed by atoms with E-state index in [9.17, 15) is 19.7 Å². The summed E-state index contributed by atoms with van der Waals surface area (Å²) >= 11 is 5.71. The first-order valence-electron chi connectivity index (χ1n) is 7.41. The molecule has 0 aliphatic carbocycles. The lowest BCUT2D eigenvalue weighted by atomic mass is 10.1. The third-order valence-electron chi connectivity index (χ3n) is 3.33. The van der Waals surface area contributed by atoms with Crippen molar-refractivity contribution in [3.63, 3.8) is 0 Å². The number of esters is 1. The van der Waals surface area contributed by atoms with Crippen LogP contribution in [0, 0.1) is 10.1 Å². The minimum Gasteiger partial charge on any atom is -0.449 e. The molecule has 136 valence electrons. The number of nitro benzene ring substituents is 1. The molecule has 0 bridgehead atoms. The van der Waals surface area contributed by atoms with Crippen LogP contribution in [0.15, 0.2) is 36.5 Å². The van der Waals surface area contributed by atoms with Crippen LogP contribution >= 0.6 is 11.6 Å². The molecule has 1 amide bonds. The topological polar surface area (TPSA) is 123 Å². The molecule has 2 rings (SSSR count). The van der Waals surface area contributed by atoms with Crippen LogP contribution in [0.2, 0.25) is 5.02 Å². The summed E-state index contributed by atoms with van der Waals surface area (Å²) in [5.41, 5.74) is -0.0597. The first kappa shape index (κ1) is 19.1. The van der Waals surface area contributed by atoms with Crippen molar-refractivity contribution in [2.24, 2.45) is 0 Å². The average Bonchev–Trinajstić information content (AvgIpc) is 2.62. The zero-order valence-corrected chi connectivity index (χ0v) is 14.6. The number of hydrogen-bond acceptors (Lipinski definition) is 7. The lowest BCUT2D eigenvalue weighted by Gasteiger charge is -2.13. The number of amides is 1. The number of nitrogens with one attached hydrogen (secondary N) is 2. The number of nitro groups is 1. The number of ether oxygens (including phenoxy) is 1. The molecule has 10 heteroatoms. The molecule has 1 heterocycles. The largest absolute Gasteiger partial charge is 0.449 e. The van der Waals surface area contributed by atoms with Crippen molar-refractivity contribution in [2.45, 2.75) is 13.0 Å². The van der Waals surface area contributed by atoms with Gasteiger partial charge in [0.05, 0.1) is 15.5 Å². The highest BCUT2D eigenvalue weighted by Crippen LogP contribution is 2.25. The maximum atomic E-state index is 12.2. The van der Waals surface area contributed by atoms with Gasteiger partial charge in [-0.25, -0.2) is 9.78 Å². The quantitative estimate of drug-likeness (QED) is 0.450. The molecule has 2 aromatic rings. The van der Waals surface area contributed by atoms with Gasteiger partial charge in [0.15, 0.2) is 6.10 Å². The fraction of sp³-hybridized carbons (Fsp3) is 0.188. The summed E-state index contributed by atoms with van der Waals surface area (Å²) in [7, 11) is 1.53. The van der Waals surface area contributed by atoms with Gasteiger partial charge in [0.25, 0.3) is 11.6 Å². The molecule has 0 radical (unpaired) electrons. The Morgan fingerprint density at radius 2 is 2.04 bits per heavy atom. The molecule has 0 saturated carbocycles. The van der Waals surface area contributed by atoms with E-state index in [1.165, 1.54) is 38.4 Å². The van der Waals surface area contributed by atoms with Crippen LogP contribution in [0.3, 0.4) is 0 Å². The van der Waals surface area contributed by atoms with Crippen LogP contribution in [0.4, 0.5) is 17.2 Å². The first-order valence-corrected chi connectivity index (χ1v) is 7.79. The van der Waals surface area contributed by atoms with Crippen molar-refractivity contribution in [1.82, 2.24) is 4.98 Å². The normalized spacial score (nSPS) is 11.3. The molecule has 0 aliphatic rings. The van der Waals surface area contributed by atoms with Crippen molar-refractivity contribution in [1.29, 1.82) is 0 Å². The van der Waals surface area contributed by atoms with Gasteiger partial charge < -0.3 is 15.4 Å². The van der Waals surface area contributed by atoms with Crippen LogP contribution in [0.5, 0.6) is 0 Å². The van der Waals surface area contributed by atoms with Crippen LogP contribution in [-0.2, 0) is 9.53 Å². The highest BCUT2D eigenvalue weighted by Gasteiger charge is 2.22. The molecular weight excluding hydrogens is 364 g/mol. The van der Waals surface area contributed by atoms with E-state index < -0.39 is 22.9 Å². The summed E-state index contributed by atoms with van der Waals surface area (Å²) in [6, 6.07) is 6.88. The molecule has 0 fully saturated rings. The first-order chi connectivity index (χ1) is 12.3. The number of hydrogen-bond donors (Lipinski definition) is 2. The second-order valence-electron chi connectivity index (χ2n) is 5.14. The minimum atomic E-state index is -1.14. The van der Waals surface area contributed by atoms with Crippen molar-refractivity contribution in [2.75, 3.05) is 17.7 Å². The van der Waals surface area contributed by atoms with E-state index >= 15 is 0 Å². The summed E-state index contributed by atoms with van der Waals surface area (Å²) < 4.78 is 5.05. The van der Waals surface area contributed by atoms with Gasteiger partial charge in [-0.05, 0) is 31.2 Å². The van der Waals surface area contributed by atoms with Gasteiger partial charge in [-0.1, -0.05) is 11.6 Å². The maximum absolute atomic E-state index is 12.2. The van der Waals surface area contributed by atoms with Crippen LogP contribution in [0.1, 0.15) is 17.3 Å². The monoisotopic (exact) mass is 378 g/mol. The molecule has 0 unspecified atom stereocenters. The number of pyridine rings is 1. The summed E-state index contributed by atoms with van der Waals surface area (Å²) in [6.45, 7) is 1.37. The average molecular weight is 379 g/mol. The minimum absolute atomic E-state index is 0.0417. The highest BCUT2D eigenvalue weighted by atomic mass is 35.5. The molecule has 0 aliphatic heterocycles. The van der Waals surface area contributed by atoms with Crippen LogP contribution in [0.25, 0.3) is 0 Å². The number of aromatic nitrogens is 1. The van der Waals surface area contributed by atoms with Gasteiger partial charge in [0, 0.05) is 19.3 Å². The molecule has 1 aromatic carbocycles. The Labute approximate surface area is 153 Å². The number of nitrogens with zero attached hydrogens (tertiary/aromatic N) is 2. The van der Waals surface area contributed by atoms with Gasteiger partial charge >= 0.3 is 5.97 Å². The Kier molecular flexibility index (Phi) is 6.07. The van der Waals surface area contributed by atoms with E-state index in [0.717, 1.165) is 6.07 Å². The van der Waals surface area contributed by atoms with Crippen molar-refractivity contribution < 1.29 is 19.2 Å². The van der Waals surface area contributed by atoms with E-state index in [0.29, 0.717) is 5.02 Å². The number of halogens is 1. The fourth-order valence-electron chi connectivity index (χ4n) is 1.98. The molecule has 0 spiro atoms. The van der Waals surface area contributed by atoms with E-state index in [2.05, 4.69) is 15.6 Å². The Bertz CT molecular complexity index is 841. The predicted molar refractivity (Wildman–Crippen MR) is 95.4 cm³/mol. The zero-order valence-electron chi connectivity index (χ0n) is 13.9. The number of carbonyl (C=O) groups excluding carboxylic acids is 2. The highest BCUT2D eigenvalue weighted by molar-refractivity contribution is 6.30. The molecule has 2 N–H and O–H groups in total. The van der Waals surface area contributed by atoms with Gasteiger partial charge in [0.1, 0.15) is 11.5 Å². The Morgan fingerprint density at radius 1 is 1.31 bits per heavy atom. The van der Waals surface area contributed by atoms with Crippen molar-refractivity contribution >= 4 is 40.7 Å². The van der Waals surface area contributed by atoms with Crippen LogP contribution in [-0.4, -0.2) is 34.9 Å². The van der Waals surface area contributed by atoms with Crippen LogP contribution < -0.4 is 10.6 Å². The Hall–Kier alpha value is -3.20. The van der Waals surface area contributed by atoms with E-state index in [1.54, 1.807) is 6.07 Å². The maximum Gasteiger partial charge on any atom is 0.339 e. The van der Waals surface area contributed by atoms with Crippen molar-refractivity contribution in [3.05, 3.63) is 57.2 Å². The third-order valence-corrected chi connectivity index (χ3v) is 3.55. The smallest absolute Gasteiger partial charge is 0.339 e. The van der Waals surface area contributed by atoms with Gasteiger partial charge in [0.2, 0.25) is 0 Å². The third kappa shape index (κ3) is 4.67. The fourth-order valence-corrected chi connectivity index (χ4v) is 2.09. The van der Waals surface area contributed by atoms with Gasteiger partial charge in [-0.3, -0.25) is 14.9 Å². The van der Waals surface area contributed by atoms with E-state index in [1.807, 2.05) is 0 Å². The van der Waals surface area contributed by atoms with Crippen molar-refractivity contribution in [3.8, 4) is 0 Å². The SMILES string of the molecule is CNc1ccc(C(=O)O[C@H](C)C(=O)Nc2ccc(Cl)cn2)cc1[N+](=O)[O-]. The van der Waals surface area contributed by atoms with E-state index in [-0.39, 0.29) is 22.8 Å². The number of anilines is 2. The lowest BCUT2D eigenvalue weighted by molar-refractivity contribution is -0.384. The molecular formula is C16H15ClN4O5. The number of benzene rings is 1. The number of carbonyl (C=O) groups is 2.